The highest BCUT2D eigenvalue weighted by molar-refractivity contribution is 9.10. The van der Waals surface area contributed by atoms with Crippen molar-refractivity contribution in [2.45, 2.75) is 32.1 Å². The first-order valence-electron chi connectivity index (χ1n) is 8.24. The molecule has 25 heavy (non-hydrogen) atoms. The van der Waals surface area contributed by atoms with Gasteiger partial charge >= 0.3 is 0 Å². The summed E-state index contributed by atoms with van der Waals surface area (Å²) in [4.78, 5) is 17.0. The minimum atomic E-state index is -0.499. The van der Waals surface area contributed by atoms with Crippen molar-refractivity contribution in [1.82, 2.24) is 14.6 Å². The van der Waals surface area contributed by atoms with E-state index in [1.807, 2.05) is 6.20 Å². The van der Waals surface area contributed by atoms with Crippen LogP contribution in [0.1, 0.15) is 40.9 Å². The van der Waals surface area contributed by atoms with Crippen molar-refractivity contribution in [3.63, 3.8) is 0 Å². The number of benzene rings is 1. The van der Waals surface area contributed by atoms with Crippen LogP contribution in [0.25, 0.3) is 5.65 Å². The van der Waals surface area contributed by atoms with Gasteiger partial charge in [-0.25, -0.2) is 13.9 Å². The zero-order chi connectivity index (χ0) is 17.4. The van der Waals surface area contributed by atoms with Gasteiger partial charge in [0.2, 0.25) is 0 Å². The number of carbonyl (C=O) groups is 1. The van der Waals surface area contributed by atoms with Gasteiger partial charge in [-0.3, -0.25) is 4.79 Å². The SMILES string of the molecule is O=C(Nc1ccc(Br)cc1F)c1cnn2c3c(cnc12)CCCCC3. The molecule has 0 saturated heterocycles. The molecule has 0 fully saturated rings. The molecule has 1 N–H and O–H groups in total. The quantitative estimate of drug-likeness (QED) is 0.654. The van der Waals surface area contributed by atoms with Crippen molar-refractivity contribution in [1.29, 1.82) is 0 Å². The van der Waals surface area contributed by atoms with Crippen LogP contribution >= 0.6 is 15.9 Å². The van der Waals surface area contributed by atoms with Gasteiger partial charge in [-0.05, 0) is 49.4 Å². The molecule has 3 aromatic rings. The van der Waals surface area contributed by atoms with Crippen LogP contribution in [-0.2, 0) is 12.8 Å². The largest absolute Gasteiger partial charge is 0.319 e. The van der Waals surface area contributed by atoms with E-state index in [-0.39, 0.29) is 5.69 Å². The number of hydrogen-bond donors (Lipinski definition) is 1. The number of halogens is 2. The molecule has 1 aliphatic rings. The van der Waals surface area contributed by atoms with Gasteiger partial charge in [-0.15, -0.1) is 0 Å². The zero-order valence-electron chi connectivity index (χ0n) is 13.4. The zero-order valence-corrected chi connectivity index (χ0v) is 15.0. The molecule has 2 heterocycles. The minimum absolute atomic E-state index is 0.127. The van der Waals surface area contributed by atoms with Crippen LogP contribution in [0.2, 0.25) is 0 Å². The first-order valence-corrected chi connectivity index (χ1v) is 9.03. The van der Waals surface area contributed by atoms with Gasteiger partial charge in [0.25, 0.3) is 5.91 Å². The molecule has 1 aromatic carbocycles. The third kappa shape index (κ3) is 3.04. The topological polar surface area (TPSA) is 59.3 Å². The smallest absolute Gasteiger partial charge is 0.261 e. The highest BCUT2D eigenvalue weighted by Gasteiger charge is 2.19. The van der Waals surface area contributed by atoms with Crippen LogP contribution in [0.15, 0.2) is 35.1 Å². The van der Waals surface area contributed by atoms with E-state index in [2.05, 4.69) is 31.3 Å². The normalized spacial score (nSPS) is 14.2. The van der Waals surface area contributed by atoms with E-state index in [4.69, 9.17) is 0 Å². The van der Waals surface area contributed by atoms with Gasteiger partial charge < -0.3 is 5.32 Å². The van der Waals surface area contributed by atoms with E-state index in [1.165, 1.54) is 30.3 Å². The van der Waals surface area contributed by atoms with E-state index < -0.39 is 11.7 Å². The molecule has 0 aliphatic heterocycles. The maximum absolute atomic E-state index is 14.0. The predicted octanol–water partition coefficient (Wildman–Crippen LogP) is 4.15. The molecular formula is C18H16BrFN4O. The Morgan fingerprint density at radius 2 is 2.04 bits per heavy atom. The lowest BCUT2D eigenvalue weighted by Crippen LogP contribution is -2.13. The predicted molar refractivity (Wildman–Crippen MR) is 96.3 cm³/mol. The Kier molecular flexibility index (Phi) is 4.25. The molecule has 0 atom stereocenters. The standard InChI is InChI=1S/C18H16BrFN4O/c19-12-6-7-15(14(20)8-12)23-18(25)13-10-22-24-16-5-3-1-2-4-11(16)9-21-17(13)24/h6-10H,1-5H2,(H,23,25). The number of hydrogen-bond acceptors (Lipinski definition) is 3. The molecule has 0 radical (unpaired) electrons. The molecule has 7 heteroatoms. The van der Waals surface area contributed by atoms with Crippen LogP contribution in [0.3, 0.4) is 0 Å². The van der Waals surface area contributed by atoms with E-state index in [1.54, 1.807) is 10.6 Å². The fourth-order valence-corrected chi connectivity index (χ4v) is 3.55. The van der Waals surface area contributed by atoms with Gasteiger partial charge in [-0.2, -0.15) is 5.10 Å². The second-order valence-electron chi connectivity index (χ2n) is 6.16. The minimum Gasteiger partial charge on any atom is -0.319 e. The lowest BCUT2D eigenvalue weighted by atomic mass is 10.1. The lowest BCUT2D eigenvalue weighted by molar-refractivity contribution is 0.102. The molecule has 1 aliphatic carbocycles. The number of anilines is 1. The van der Waals surface area contributed by atoms with Gasteiger partial charge in [0, 0.05) is 16.4 Å². The Hall–Kier alpha value is -2.28. The Bertz CT molecular complexity index is 969. The van der Waals surface area contributed by atoms with E-state index in [0.717, 1.165) is 31.4 Å². The summed E-state index contributed by atoms with van der Waals surface area (Å²) >= 11 is 3.20. The van der Waals surface area contributed by atoms with Crippen molar-refractivity contribution < 1.29 is 9.18 Å². The average Bonchev–Trinajstić information content (AvgIpc) is 2.88. The summed E-state index contributed by atoms with van der Waals surface area (Å²) in [6.45, 7) is 0. The van der Waals surface area contributed by atoms with Gasteiger partial charge in [0.05, 0.1) is 11.9 Å². The summed E-state index contributed by atoms with van der Waals surface area (Å²) in [6.07, 6.45) is 8.71. The Morgan fingerprint density at radius 1 is 1.20 bits per heavy atom. The molecule has 2 aromatic heterocycles. The van der Waals surface area contributed by atoms with Crippen LogP contribution in [0.4, 0.5) is 10.1 Å². The third-order valence-corrected chi connectivity index (χ3v) is 4.99. The maximum atomic E-state index is 14.0. The summed E-state index contributed by atoms with van der Waals surface area (Å²) in [5, 5.41) is 6.96. The number of fused-ring (bicyclic) bond motifs is 3. The molecule has 0 spiro atoms. The number of rotatable bonds is 2. The van der Waals surface area contributed by atoms with Crippen LogP contribution < -0.4 is 5.32 Å². The summed E-state index contributed by atoms with van der Waals surface area (Å²) in [5.74, 6) is -0.918. The molecular weight excluding hydrogens is 387 g/mol. The number of nitrogens with zero attached hydrogens (tertiary/aromatic N) is 3. The van der Waals surface area contributed by atoms with Gasteiger partial charge in [0.1, 0.15) is 11.4 Å². The van der Waals surface area contributed by atoms with Crippen LogP contribution in [-0.4, -0.2) is 20.5 Å². The van der Waals surface area contributed by atoms with Crippen molar-refractivity contribution >= 4 is 33.2 Å². The fraction of sp³-hybridized carbons (Fsp3) is 0.278. The highest BCUT2D eigenvalue weighted by Crippen LogP contribution is 2.23. The molecule has 0 bridgehead atoms. The van der Waals surface area contributed by atoms with Crippen molar-refractivity contribution in [3.8, 4) is 0 Å². The van der Waals surface area contributed by atoms with E-state index >= 15 is 0 Å². The number of aromatic nitrogens is 3. The second kappa shape index (κ2) is 6.55. The Labute approximate surface area is 152 Å². The lowest BCUT2D eigenvalue weighted by Gasteiger charge is -2.08. The van der Waals surface area contributed by atoms with E-state index in [9.17, 15) is 9.18 Å². The molecule has 4 rings (SSSR count). The summed E-state index contributed by atoms with van der Waals surface area (Å²) in [7, 11) is 0. The van der Waals surface area contributed by atoms with Gasteiger partial charge in [-0.1, -0.05) is 22.4 Å². The average molecular weight is 403 g/mol. The number of amides is 1. The van der Waals surface area contributed by atoms with Crippen LogP contribution in [0.5, 0.6) is 0 Å². The molecule has 5 nitrogen and oxygen atoms in total. The van der Waals surface area contributed by atoms with Gasteiger partial charge in [0.15, 0.2) is 5.65 Å². The molecule has 128 valence electrons. The number of aryl methyl sites for hydroxylation is 2. The third-order valence-electron chi connectivity index (χ3n) is 4.50. The highest BCUT2D eigenvalue weighted by atomic mass is 79.9. The summed E-state index contributed by atoms with van der Waals surface area (Å²) in [6, 6.07) is 4.50. The summed E-state index contributed by atoms with van der Waals surface area (Å²) in [5.41, 5.74) is 3.29. The Morgan fingerprint density at radius 3 is 2.88 bits per heavy atom. The maximum Gasteiger partial charge on any atom is 0.261 e. The molecule has 0 saturated carbocycles. The second-order valence-corrected chi connectivity index (χ2v) is 7.08. The number of carbonyl (C=O) groups excluding carboxylic acids is 1. The van der Waals surface area contributed by atoms with Crippen molar-refractivity contribution in [2.75, 3.05) is 5.32 Å². The Balaban J connectivity index is 1.69. The first kappa shape index (κ1) is 16.2. The van der Waals surface area contributed by atoms with E-state index in [0.29, 0.717) is 15.7 Å². The fourth-order valence-electron chi connectivity index (χ4n) is 3.21. The van der Waals surface area contributed by atoms with Crippen molar-refractivity contribution in [3.05, 3.63) is 57.7 Å². The monoisotopic (exact) mass is 402 g/mol. The molecule has 0 unspecified atom stereocenters. The van der Waals surface area contributed by atoms with Crippen LogP contribution in [0, 0.1) is 5.82 Å². The number of nitrogens with one attached hydrogen (secondary N) is 1. The van der Waals surface area contributed by atoms with Crippen molar-refractivity contribution in [2.24, 2.45) is 0 Å². The molecule has 1 amide bonds. The first-order chi connectivity index (χ1) is 12.1. The summed E-state index contributed by atoms with van der Waals surface area (Å²) < 4.78 is 16.3.